The summed E-state index contributed by atoms with van der Waals surface area (Å²) in [5.74, 6) is 1.88. The van der Waals surface area contributed by atoms with Gasteiger partial charge in [-0.15, -0.1) is 24.0 Å². The minimum Gasteiger partial charge on any atom is -0.355 e. The van der Waals surface area contributed by atoms with Gasteiger partial charge in [0.05, 0.1) is 11.9 Å². The first-order chi connectivity index (χ1) is 10.2. The standard InChI is InChI=1S/C13H22N6OS.HI/c1-14-13(15-4-7-21-3)18-5-6-19(12(20)10-18)11-8-16-17(2)9-11;/h8-9H,4-7,10H2,1-3H3,(H,14,15);1H. The van der Waals surface area contributed by atoms with Crippen molar-refractivity contribution in [3.8, 4) is 0 Å². The second-order valence-electron chi connectivity index (χ2n) is 4.81. The summed E-state index contributed by atoms with van der Waals surface area (Å²) in [4.78, 5) is 20.4. The Bertz CT molecular complexity index is 520. The smallest absolute Gasteiger partial charge is 0.246 e. The van der Waals surface area contributed by atoms with Crippen molar-refractivity contribution in [2.24, 2.45) is 12.0 Å². The second-order valence-corrected chi connectivity index (χ2v) is 5.79. The van der Waals surface area contributed by atoms with E-state index in [4.69, 9.17) is 0 Å². The minimum absolute atomic E-state index is 0. The lowest BCUT2D eigenvalue weighted by atomic mass is 10.3. The number of guanidine groups is 1. The number of halogens is 1. The average Bonchev–Trinajstić information content (AvgIpc) is 2.90. The molecule has 1 N–H and O–H groups in total. The second kappa shape index (κ2) is 9.23. The van der Waals surface area contributed by atoms with Crippen LogP contribution in [0, 0.1) is 0 Å². The van der Waals surface area contributed by atoms with Gasteiger partial charge in [-0.3, -0.25) is 14.5 Å². The van der Waals surface area contributed by atoms with Crippen LogP contribution >= 0.6 is 35.7 Å². The number of thioether (sulfide) groups is 1. The van der Waals surface area contributed by atoms with E-state index in [1.807, 2.05) is 18.1 Å². The van der Waals surface area contributed by atoms with Crippen molar-refractivity contribution in [3.05, 3.63) is 12.4 Å². The van der Waals surface area contributed by atoms with Crippen LogP contribution in [0.15, 0.2) is 17.4 Å². The lowest BCUT2D eigenvalue weighted by molar-refractivity contribution is -0.120. The molecule has 0 atom stereocenters. The SMILES string of the molecule is CN=C(NCCSC)N1CCN(c2cnn(C)c2)C(=O)C1.I. The van der Waals surface area contributed by atoms with Crippen molar-refractivity contribution in [2.45, 2.75) is 0 Å². The number of hydrogen-bond donors (Lipinski definition) is 1. The highest BCUT2D eigenvalue weighted by Gasteiger charge is 2.27. The Morgan fingerprint density at radius 1 is 1.50 bits per heavy atom. The summed E-state index contributed by atoms with van der Waals surface area (Å²) in [7, 11) is 3.60. The molecule has 1 amide bonds. The fourth-order valence-electron chi connectivity index (χ4n) is 2.27. The molecule has 0 saturated carbocycles. The summed E-state index contributed by atoms with van der Waals surface area (Å²) in [6, 6.07) is 0. The van der Waals surface area contributed by atoms with Crippen LogP contribution in [0.4, 0.5) is 5.69 Å². The Labute approximate surface area is 152 Å². The molecule has 0 aliphatic carbocycles. The normalized spacial score (nSPS) is 15.8. The number of aromatic nitrogens is 2. The largest absolute Gasteiger partial charge is 0.355 e. The molecule has 1 aliphatic rings. The van der Waals surface area contributed by atoms with Crippen molar-refractivity contribution < 1.29 is 4.79 Å². The summed E-state index contributed by atoms with van der Waals surface area (Å²) >= 11 is 1.78. The fourth-order valence-corrected chi connectivity index (χ4v) is 2.58. The number of hydrogen-bond acceptors (Lipinski definition) is 4. The molecule has 0 spiro atoms. The molecule has 7 nitrogen and oxygen atoms in total. The zero-order chi connectivity index (χ0) is 15.2. The third-order valence-corrected chi connectivity index (χ3v) is 3.94. The van der Waals surface area contributed by atoms with Crippen molar-refractivity contribution in [3.63, 3.8) is 0 Å². The summed E-state index contributed by atoms with van der Waals surface area (Å²) < 4.78 is 1.71. The van der Waals surface area contributed by atoms with Crippen LogP contribution in [-0.4, -0.2) is 71.8 Å². The molecule has 9 heteroatoms. The Morgan fingerprint density at radius 3 is 2.82 bits per heavy atom. The van der Waals surface area contributed by atoms with Gasteiger partial charge in [0.25, 0.3) is 0 Å². The van der Waals surface area contributed by atoms with Gasteiger partial charge in [-0.2, -0.15) is 16.9 Å². The maximum absolute atomic E-state index is 12.3. The molecule has 124 valence electrons. The molecular formula is C13H23IN6OS. The van der Waals surface area contributed by atoms with Crippen LogP contribution in [0.1, 0.15) is 0 Å². The zero-order valence-corrected chi connectivity index (χ0v) is 16.3. The molecule has 0 bridgehead atoms. The molecule has 1 fully saturated rings. The Kier molecular flexibility index (Phi) is 8.01. The van der Waals surface area contributed by atoms with E-state index in [2.05, 4.69) is 21.7 Å². The van der Waals surface area contributed by atoms with E-state index in [9.17, 15) is 4.79 Å². The van der Waals surface area contributed by atoms with Crippen molar-refractivity contribution in [1.82, 2.24) is 20.0 Å². The third kappa shape index (κ3) is 4.77. The van der Waals surface area contributed by atoms with Gasteiger partial charge in [0, 0.05) is 45.7 Å². The number of amides is 1. The topological polar surface area (TPSA) is 65.8 Å². The average molecular weight is 438 g/mol. The van der Waals surface area contributed by atoms with Crippen LogP contribution < -0.4 is 10.2 Å². The molecule has 0 unspecified atom stereocenters. The van der Waals surface area contributed by atoms with E-state index in [-0.39, 0.29) is 29.9 Å². The molecule has 22 heavy (non-hydrogen) atoms. The summed E-state index contributed by atoms with van der Waals surface area (Å²) in [6.07, 6.45) is 5.65. The lowest BCUT2D eigenvalue weighted by Gasteiger charge is -2.35. The number of nitrogens with zero attached hydrogens (tertiary/aromatic N) is 5. The quantitative estimate of drug-likeness (QED) is 0.323. The summed E-state index contributed by atoms with van der Waals surface area (Å²) in [5.41, 5.74) is 0.854. The maximum atomic E-state index is 12.3. The maximum Gasteiger partial charge on any atom is 0.246 e. The van der Waals surface area contributed by atoms with Crippen LogP contribution in [-0.2, 0) is 11.8 Å². The molecule has 0 aromatic carbocycles. The van der Waals surface area contributed by atoms with Gasteiger partial charge in [-0.25, -0.2) is 0 Å². The van der Waals surface area contributed by atoms with E-state index in [0.717, 1.165) is 30.5 Å². The number of rotatable bonds is 4. The Balaban J connectivity index is 0.00000242. The van der Waals surface area contributed by atoms with Crippen LogP contribution in [0.3, 0.4) is 0 Å². The van der Waals surface area contributed by atoms with Crippen molar-refractivity contribution in [1.29, 1.82) is 0 Å². The highest BCUT2D eigenvalue weighted by molar-refractivity contribution is 14.0. The van der Waals surface area contributed by atoms with Gasteiger partial charge in [-0.05, 0) is 6.26 Å². The van der Waals surface area contributed by atoms with Gasteiger partial charge in [0.1, 0.15) is 6.54 Å². The van der Waals surface area contributed by atoms with Crippen LogP contribution in [0.2, 0.25) is 0 Å². The van der Waals surface area contributed by atoms with E-state index in [0.29, 0.717) is 13.1 Å². The van der Waals surface area contributed by atoms with Crippen LogP contribution in [0.25, 0.3) is 0 Å². The molecule has 1 aliphatic heterocycles. The van der Waals surface area contributed by atoms with Gasteiger partial charge in [0.2, 0.25) is 5.91 Å². The highest BCUT2D eigenvalue weighted by atomic mass is 127. The highest BCUT2D eigenvalue weighted by Crippen LogP contribution is 2.15. The first-order valence-corrected chi connectivity index (χ1v) is 8.28. The van der Waals surface area contributed by atoms with Crippen molar-refractivity contribution >= 4 is 53.3 Å². The number of aliphatic imine (C=N–C) groups is 1. The van der Waals surface area contributed by atoms with Crippen molar-refractivity contribution in [2.75, 3.05) is 50.1 Å². The summed E-state index contributed by atoms with van der Waals surface area (Å²) in [5, 5.41) is 7.40. The van der Waals surface area contributed by atoms with Gasteiger partial charge >= 0.3 is 0 Å². The predicted molar refractivity (Wildman–Crippen MR) is 102 cm³/mol. The molecule has 2 heterocycles. The molecular weight excluding hydrogens is 415 g/mol. The van der Waals surface area contributed by atoms with Gasteiger partial charge < -0.3 is 15.1 Å². The van der Waals surface area contributed by atoms with E-state index >= 15 is 0 Å². The lowest BCUT2D eigenvalue weighted by Crippen LogP contribution is -2.55. The Hall–Kier alpha value is -0.970. The first-order valence-electron chi connectivity index (χ1n) is 6.89. The first kappa shape index (κ1) is 19.1. The number of nitrogens with one attached hydrogen (secondary N) is 1. The molecule has 2 rings (SSSR count). The molecule has 1 saturated heterocycles. The van der Waals surface area contributed by atoms with Crippen LogP contribution in [0.5, 0.6) is 0 Å². The number of aryl methyl sites for hydroxylation is 1. The predicted octanol–water partition coefficient (Wildman–Crippen LogP) is 0.625. The zero-order valence-electron chi connectivity index (χ0n) is 13.2. The van der Waals surface area contributed by atoms with E-state index < -0.39 is 0 Å². The fraction of sp³-hybridized carbons (Fsp3) is 0.615. The van der Waals surface area contributed by atoms with E-state index in [1.54, 1.807) is 34.6 Å². The number of anilines is 1. The minimum atomic E-state index is 0. The van der Waals surface area contributed by atoms with Gasteiger partial charge in [-0.1, -0.05) is 0 Å². The molecule has 1 aromatic rings. The number of piperazine rings is 1. The Morgan fingerprint density at radius 2 is 2.27 bits per heavy atom. The monoisotopic (exact) mass is 438 g/mol. The number of carbonyl (C=O) groups excluding carboxylic acids is 1. The third-order valence-electron chi connectivity index (χ3n) is 3.32. The number of carbonyl (C=O) groups is 1. The summed E-state index contributed by atoms with van der Waals surface area (Å²) in [6.45, 7) is 2.60. The van der Waals surface area contributed by atoms with Gasteiger partial charge in [0.15, 0.2) is 5.96 Å². The molecule has 1 aromatic heterocycles. The van der Waals surface area contributed by atoms with E-state index in [1.165, 1.54) is 0 Å². The molecule has 0 radical (unpaired) electrons.